The van der Waals surface area contributed by atoms with Gasteiger partial charge in [0, 0.05) is 25.7 Å². The molecule has 3 aromatic carbocycles. The molecule has 0 aliphatic carbocycles. The lowest BCUT2D eigenvalue weighted by molar-refractivity contribution is 0.0999. The van der Waals surface area contributed by atoms with E-state index in [1.165, 1.54) is 0 Å². The van der Waals surface area contributed by atoms with Crippen molar-refractivity contribution in [3.8, 4) is 5.75 Å². The van der Waals surface area contributed by atoms with Crippen molar-refractivity contribution in [2.24, 2.45) is 5.73 Å². The molecule has 2 N–H and O–H groups in total. The molecular weight excluding hydrogens is 430 g/mol. The Labute approximate surface area is 195 Å². The zero-order valence-corrected chi connectivity index (χ0v) is 19.9. The van der Waals surface area contributed by atoms with E-state index in [-0.39, 0.29) is 5.75 Å². The second-order valence-electron chi connectivity index (χ2n) is 8.07. The molecule has 5 heteroatoms. The van der Waals surface area contributed by atoms with Gasteiger partial charge in [-0.05, 0) is 65.1 Å². The minimum atomic E-state index is -2.71. The van der Waals surface area contributed by atoms with Crippen LogP contribution in [-0.2, 0) is 15.3 Å². The van der Waals surface area contributed by atoms with Crippen LogP contribution in [-0.4, -0.2) is 22.6 Å². The summed E-state index contributed by atoms with van der Waals surface area (Å²) in [6.07, 6.45) is 4.01. The third kappa shape index (κ3) is 6.24. The fourth-order valence-corrected chi connectivity index (χ4v) is 5.07. The topological polar surface area (TPSA) is 69.4 Å². The fourth-order valence-electron chi connectivity index (χ4n) is 3.51. The number of nitrogens with two attached hydrogens (primary N) is 1. The SMILES string of the molecule is C=c1cccc/c1=C/C=C(\C)COc1cccc(S(=C)(=O)Cc2cccc(C)c2C(N)=O)c1. The normalized spacial score (nSPS) is 14.0. The molecule has 0 fully saturated rings. The first-order valence-corrected chi connectivity index (χ1v) is 12.4. The number of carbonyl (C=O) groups is 1. The molecule has 170 valence electrons. The Kier molecular flexibility index (Phi) is 7.56. The highest BCUT2D eigenvalue weighted by atomic mass is 32.2. The van der Waals surface area contributed by atoms with Gasteiger partial charge in [0.2, 0.25) is 5.91 Å². The van der Waals surface area contributed by atoms with Crippen LogP contribution >= 0.6 is 0 Å². The molecule has 0 bridgehead atoms. The summed E-state index contributed by atoms with van der Waals surface area (Å²) in [4.78, 5) is 12.5. The first-order valence-electron chi connectivity index (χ1n) is 10.5. The monoisotopic (exact) mass is 459 g/mol. The van der Waals surface area contributed by atoms with Gasteiger partial charge in [0.1, 0.15) is 12.4 Å². The Morgan fingerprint density at radius 3 is 2.55 bits per heavy atom. The molecule has 1 atom stereocenters. The highest BCUT2D eigenvalue weighted by Crippen LogP contribution is 2.24. The van der Waals surface area contributed by atoms with Crippen LogP contribution < -0.4 is 20.9 Å². The summed E-state index contributed by atoms with van der Waals surface area (Å²) in [5, 5.41) is 2.02. The van der Waals surface area contributed by atoms with Gasteiger partial charge in [0.15, 0.2) is 0 Å². The van der Waals surface area contributed by atoms with E-state index in [0.29, 0.717) is 28.4 Å². The number of ether oxygens (including phenoxy) is 1. The molecule has 1 amide bonds. The fraction of sp³-hybridized carbons (Fsp3) is 0.143. The first kappa shape index (κ1) is 24.1. The van der Waals surface area contributed by atoms with E-state index >= 15 is 0 Å². The van der Waals surface area contributed by atoms with Crippen molar-refractivity contribution in [1.82, 2.24) is 0 Å². The summed E-state index contributed by atoms with van der Waals surface area (Å²) in [5.74, 6) is 4.16. The van der Waals surface area contributed by atoms with Crippen LogP contribution in [0.15, 0.2) is 83.3 Å². The Morgan fingerprint density at radius 2 is 1.82 bits per heavy atom. The zero-order chi connectivity index (χ0) is 24.0. The largest absolute Gasteiger partial charge is 0.489 e. The smallest absolute Gasteiger partial charge is 0.249 e. The number of benzene rings is 3. The summed E-state index contributed by atoms with van der Waals surface area (Å²) in [6.45, 7) is 8.21. The van der Waals surface area contributed by atoms with Crippen molar-refractivity contribution < 1.29 is 13.7 Å². The van der Waals surface area contributed by atoms with Gasteiger partial charge in [-0.3, -0.25) is 9.00 Å². The highest BCUT2D eigenvalue weighted by Gasteiger charge is 2.17. The number of hydrogen-bond acceptors (Lipinski definition) is 3. The lowest BCUT2D eigenvalue weighted by atomic mass is 10.0. The van der Waals surface area contributed by atoms with E-state index in [1.54, 1.807) is 24.3 Å². The molecule has 33 heavy (non-hydrogen) atoms. The van der Waals surface area contributed by atoms with Gasteiger partial charge in [-0.25, -0.2) is 0 Å². The number of primary amides is 1. The van der Waals surface area contributed by atoms with Crippen LogP contribution in [0.5, 0.6) is 5.75 Å². The number of allylic oxidation sites excluding steroid dienone is 1. The molecule has 0 aliphatic rings. The number of rotatable bonds is 8. The van der Waals surface area contributed by atoms with Crippen LogP contribution in [0.25, 0.3) is 12.7 Å². The van der Waals surface area contributed by atoms with E-state index in [1.807, 2.05) is 68.5 Å². The summed E-state index contributed by atoms with van der Waals surface area (Å²) in [6, 6.07) is 20.5. The van der Waals surface area contributed by atoms with Crippen molar-refractivity contribution in [3.63, 3.8) is 0 Å². The molecule has 0 aromatic heterocycles. The molecule has 4 nitrogen and oxygen atoms in total. The predicted octanol–water partition coefficient (Wildman–Crippen LogP) is 3.59. The van der Waals surface area contributed by atoms with E-state index in [9.17, 15) is 9.00 Å². The molecule has 0 heterocycles. The van der Waals surface area contributed by atoms with Crippen LogP contribution in [0.4, 0.5) is 0 Å². The average Bonchev–Trinajstić information content (AvgIpc) is 2.77. The van der Waals surface area contributed by atoms with Crippen molar-refractivity contribution >= 4 is 34.0 Å². The average molecular weight is 460 g/mol. The molecule has 3 rings (SSSR count). The van der Waals surface area contributed by atoms with Crippen molar-refractivity contribution in [3.05, 3.63) is 106 Å². The van der Waals surface area contributed by atoms with E-state index in [0.717, 1.165) is 21.6 Å². The van der Waals surface area contributed by atoms with Crippen LogP contribution in [0.3, 0.4) is 0 Å². The van der Waals surface area contributed by atoms with Crippen LogP contribution in [0.1, 0.15) is 28.4 Å². The first-order chi connectivity index (χ1) is 15.7. The molecule has 0 saturated carbocycles. The van der Waals surface area contributed by atoms with E-state index < -0.39 is 15.4 Å². The quantitative estimate of drug-likeness (QED) is 0.524. The third-order valence-corrected chi connectivity index (χ3v) is 7.19. The molecule has 0 spiro atoms. The van der Waals surface area contributed by atoms with Gasteiger partial charge in [0.25, 0.3) is 0 Å². The zero-order valence-electron chi connectivity index (χ0n) is 19.0. The maximum absolute atomic E-state index is 13.5. The Bertz CT molecular complexity index is 1420. The van der Waals surface area contributed by atoms with Gasteiger partial charge in [-0.2, -0.15) is 0 Å². The summed E-state index contributed by atoms with van der Waals surface area (Å²) >= 11 is 0. The van der Waals surface area contributed by atoms with Gasteiger partial charge in [0.05, 0.1) is 0 Å². The molecule has 0 radical (unpaired) electrons. The molecule has 3 aromatic rings. The minimum absolute atomic E-state index is 0.120. The summed E-state index contributed by atoms with van der Waals surface area (Å²) in [5.41, 5.74) is 8.38. The third-order valence-electron chi connectivity index (χ3n) is 5.30. The van der Waals surface area contributed by atoms with Crippen molar-refractivity contribution in [2.45, 2.75) is 24.5 Å². The van der Waals surface area contributed by atoms with Gasteiger partial charge in [-0.15, -0.1) is 0 Å². The molecule has 1 unspecified atom stereocenters. The van der Waals surface area contributed by atoms with Crippen molar-refractivity contribution in [1.29, 1.82) is 0 Å². The summed E-state index contributed by atoms with van der Waals surface area (Å²) in [7, 11) is -2.71. The van der Waals surface area contributed by atoms with E-state index in [4.69, 9.17) is 10.5 Å². The second-order valence-corrected chi connectivity index (χ2v) is 10.5. The lowest BCUT2D eigenvalue weighted by Crippen LogP contribution is -2.21. The summed E-state index contributed by atoms with van der Waals surface area (Å²) < 4.78 is 19.4. The molecule has 0 saturated heterocycles. The van der Waals surface area contributed by atoms with Crippen LogP contribution in [0, 0.1) is 6.92 Å². The Balaban J connectivity index is 1.77. The maximum atomic E-state index is 13.5. The molecular formula is C28H29NO3S. The molecule has 0 aliphatic heterocycles. The number of aryl methyl sites for hydroxylation is 1. The highest BCUT2D eigenvalue weighted by molar-refractivity contribution is 7.99. The number of hydrogen-bond donors (Lipinski definition) is 1. The van der Waals surface area contributed by atoms with Crippen LogP contribution in [0.2, 0.25) is 0 Å². The van der Waals surface area contributed by atoms with Crippen molar-refractivity contribution in [2.75, 3.05) is 6.61 Å². The minimum Gasteiger partial charge on any atom is -0.489 e. The number of amides is 1. The Hall–Kier alpha value is -3.57. The number of carbonyl (C=O) groups excluding carboxylic acids is 1. The predicted molar refractivity (Wildman–Crippen MR) is 138 cm³/mol. The van der Waals surface area contributed by atoms with E-state index in [2.05, 4.69) is 12.4 Å². The second kappa shape index (κ2) is 10.4. The van der Waals surface area contributed by atoms with Gasteiger partial charge in [-0.1, -0.05) is 67.3 Å². The Morgan fingerprint density at radius 1 is 1.09 bits per heavy atom. The van der Waals surface area contributed by atoms with Gasteiger partial charge < -0.3 is 10.5 Å². The lowest BCUT2D eigenvalue weighted by Gasteiger charge is -2.15. The maximum Gasteiger partial charge on any atom is 0.249 e. The van der Waals surface area contributed by atoms with Gasteiger partial charge >= 0.3 is 0 Å². The standard InChI is InChI=1S/C28H29NO3S/c1-20(15-16-23-11-6-5-9-21(23)2)18-32-25-13-8-14-26(17-25)33(4,31)19-24-12-7-10-22(3)27(24)28(29)30/h5-17H,2,4,18-19H2,1,3H3,(H2,29,30)/b20-15+,23-16-.